The fraction of sp³-hybridized carbons (Fsp3) is 0.400. The predicted molar refractivity (Wildman–Crippen MR) is 85.9 cm³/mol. The molecule has 2 aliphatic heterocycles. The molecule has 3 atom stereocenters. The summed E-state index contributed by atoms with van der Waals surface area (Å²) in [5, 5.41) is 5.75. The maximum atomic E-state index is 11.9. The lowest BCUT2D eigenvalue weighted by Gasteiger charge is -2.45. The average molecular weight is 392 g/mol. The molecule has 3 heterocycles. The predicted octanol–water partition coefficient (Wildman–Crippen LogP) is -2.18. The summed E-state index contributed by atoms with van der Waals surface area (Å²) < 4.78 is 20.4. The van der Waals surface area contributed by atoms with Gasteiger partial charge in [0, 0.05) is 0 Å². The lowest BCUT2D eigenvalue weighted by atomic mass is 10.1. The van der Waals surface area contributed by atoms with Crippen molar-refractivity contribution in [3.8, 4) is 0 Å². The van der Waals surface area contributed by atoms with Gasteiger partial charge in [0.05, 0.1) is 20.5 Å². The number of nitrogens with two attached hydrogens (primary N) is 1. The van der Waals surface area contributed by atoms with E-state index in [1.807, 2.05) is 0 Å². The molecule has 0 fully saturated rings. The van der Waals surface area contributed by atoms with Crippen molar-refractivity contribution in [2.24, 2.45) is 0 Å². The number of nitrogen functional groups attached to an aromatic ring is 1. The third-order valence-corrected chi connectivity index (χ3v) is 4.97. The molecule has 0 radical (unpaired) electrons. The number of aromatic amines is 1. The first kappa shape index (κ1) is 17.5. The molecule has 0 amide bonds. The Morgan fingerprint density at radius 1 is 1.46 bits per heavy atom. The Hall–Kier alpha value is -1.34. The zero-order valence-corrected chi connectivity index (χ0v) is 14.3. The van der Waals surface area contributed by atoms with Crippen molar-refractivity contribution >= 4 is 50.5 Å². The van der Waals surface area contributed by atoms with E-state index in [1.54, 1.807) is 0 Å². The molecular formula is C10H11N5O6PS2-3. The quantitative estimate of drug-likeness (QED) is 0.214. The summed E-state index contributed by atoms with van der Waals surface area (Å²) >= 11 is 9.46. The highest BCUT2D eigenvalue weighted by molar-refractivity contribution is 7.85. The molecule has 5 N–H and O–H groups in total. The highest BCUT2D eigenvalue weighted by Crippen LogP contribution is 2.36. The second-order valence-electron chi connectivity index (χ2n) is 4.98. The van der Waals surface area contributed by atoms with E-state index in [1.165, 1.54) is 0 Å². The van der Waals surface area contributed by atoms with Crippen LogP contribution in [0.1, 0.15) is 0 Å². The van der Waals surface area contributed by atoms with Gasteiger partial charge in [-0.2, -0.15) is 9.89 Å². The van der Waals surface area contributed by atoms with Crippen LogP contribution in [-0.2, 0) is 26.5 Å². The lowest BCUT2D eigenvalue weighted by Crippen LogP contribution is -2.53. The highest BCUT2D eigenvalue weighted by atomic mass is 32.1. The van der Waals surface area contributed by atoms with Crippen LogP contribution in [0.3, 0.4) is 0 Å². The number of thiol groups is 1. The van der Waals surface area contributed by atoms with Gasteiger partial charge >= 0.3 is 0 Å². The minimum atomic E-state index is -5.17. The third-order valence-electron chi connectivity index (χ3n) is 3.35. The van der Waals surface area contributed by atoms with E-state index in [0.29, 0.717) is 4.91 Å². The number of phosphoric ester groups is 1. The fourth-order valence-corrected chi connectivity index (χ4v) is 3.25. The second kappa shape index (κ2) is 6.19. The molecular weight excluding hydrogens is 381 g/mol. The summed E-state index contributed by atoms with van der Waals surface area (Å²) in [4.78, 5) is 39.9. The van der Waals surface area contributed by atoms with Crippen molar-refractivity contribution in [3.05, 3.63) is 20.2 Å². The number of ether oxygens (including phenoxy) is 1. The minimum Gasteiger partial charge on any atom is -0.790 e. The van der Waals surface area contributed by atoms with E-state index >= 15 is 0 Å². The van der Waals surface area contributed by atoms with E-state index < -0.39 is 38.4 Å². The van der Waals surface area contributed by atoms with Crippen molar-refractivity contribution in [1.29, 1.82) is 0 Å². The zero-order chi connectivity index (χ0) is 17.6. The summed E-state index contributed by atoms with van der Waals surface area (Å²) in [6.45, 7) is -0.574. The molecule has 2 aliphatic rings. The molecule has 14 heteroatoms. The molecule has 1 aromatic heterocycles. The topological polar surface area (TPSA) is 177 Å². The van der Waals surface area contributed by atoms with Crippen LogP contribution in [-0.4, -0.2) is 34.9 Å². The van der Waals surface area contributed by atoms with Gasteiger partial charge in [0.25, 0.3) is 5.56 Å². The van der Waals surface area contributed by atoms with Crippen molar-refractivity contribution in [2.45, 2.75) is 18.4 Å². The van der Waals surface area contributed by atoms with E-state index in [0.717, 1.165) is 0 Å². The maximum Gasteiger partial charge on any atom is 0.277 e. The van der Waals surface area contributed by atoms with Gasteiger partial charge in [-0.05, 0) is 4.91 Å². The Balaban J connectivity index is 1.88. The molecule has 0 spiro atoms. The van der Waals surface area contributed by atoms with Crippen LogP contribution in [0.5, 0.6) is 0 Å². The molecule has 3 rings (SSSR count). The Morgan fingerprint density at radius 2 is 2.17 bits per heavy atom. The number of H-pyrrole nitrogens is 1. The molecule has 1 aromatic rings. The highest BCUT2D eigenvalue weighted by Gasteiger charge is 2.37. The Labute approximate surface area is 146 Å². The first-order valence-corrected chi connectivity index (χ1v) is 8.82. The van der Waals surface area contributed by atoms with Crippen LogP contribution < -0.4 is 31.7 Å². The summed E-state index contributed by atoms with van der Waals surface area (Å²) in [6.07, 6.45) is -1.77. The molecule has 0 bridgehead atoms. The summed E-state index contributed by atoms with van der Waals surface area (Å²) in [5.41, 5.74) is 5.14. The molecule has 24 heavy (non-hydrogen) atoms. The number of rotatable bonds is 3. The van der Waals surface area contributed by atoms with Gasteiger partial charge in [-0.25, -0.2) is 0 Å². The van der Waals surface area contributed by atoms with Crippen LogP contribution in [0, 0.1) is 0 Å². The minimum absolute atomic E-state index is 0.0913. The van der Waals surface area contributed by atoms with E-state index in [9.17, 15) is 19.1 Å². The van der Waals surface area contributed by atoms with Gasteiger partial charge in [-0.1, -0.05) is 0 Å². The number of anilines is 3. The molecule has 11 nitrogen and oxygen atoms in total. The van der Waals surface area contributed by atoms with Crippen LogP contribution in [0.25, 0.3) is 0 Å². The van der Waals surface area contributed by atoms with E-state index in [-0.39, 0.29) is 22.4 Å². The summed E-state index contributed by atoms with van der Waals surface area (Å²) in [6, 6.07) is -0.609. The normalized spacial score (nSPS) is 26.2. The molecule has 0 saturated carbocycles. The van der Waals surface area contributed by atoms with Crippen LogP contribution >= 0.6 is 20.5 Å². The molecule has 0 aliphatic carbocycles. The van der Waals surface area contributed by atoms with Gasteiger partial charge in [-0.3, -0.25) is 9.78 Å². The Kier molecular flexibility index (Phi) is 4.51. The fourth-order valence-electron chi connectivity index (χ4n) is 2.33. The van der Waals surface area contributed by atoms with Crippen molar-refractivity contribution < 1.29 is 23.6 Å². The van der Waals surface area contributed by atoms with E-state index in [4.69, 9.17) is 23.1 Å². The van der Waals surface area contributed by atoms with Crippen LogP contribution in [0.15, 0.2) is 14.6 Å². The van der Waals surface area contributed by atoms with Crippen molar-refractivity contribution in [1.82, 2.24) is 9.97 Å². The number of hydrogen-bond acceptors (Lipinski definition) is 12. The monoisotopic (exact) mass is 392 g/mol. The van der Waals surface area contributed by atoms with Gasteiger partial charge in [0.2, 0.25) is 5.95 Å². The first-order chi connectivity index (χ1) is 11.2. The summed E-state index contributed by atoms with van der Waals surface area (Å²) in [7, 11) is -5.17. The number of nitrogens with one attached hydrogen (secondary N) is 3. The maximum absolute atomic E-state index is 11.9. The number of fused-ring (bicyclic) bond motifs is 2. The smallest absolute Gasteiger partial charge is 0.277 e. The van der Waals surface area contributed by atoms with Crippen molar-refractivity contribution in [2.75, 3.05) is 23.0 Å². The van der Waals surface area contributed by atoms with Crippen LogP contribution in [0.2, 0.25) is 0 Å². The largest absolute Gasteiger partial charge is 0.790 e. The number of phosphoric acid groups is 1. The Bertz CT molecular complexity index is 809. The van der Waals surface area contributed by atoms with Crippen molar-refractivity contribution in [3.63, 3.8) is 0 Å². The molecule has 0 unspecified atom stereocenters. The van der Waals surface area contributed by atoms with Crippen LogP contribution in [0.4, 0.5) is 17.5 Å². The lowest BCUT2D eigenvalue weighted by molar-refractivity contribution is -0.342. The number of aromatic nitrogens is 2. The standard InChI is InChI=1S/C10H14N5O6PS2/c11-10-14-7-4(8(16)15-10)12-3-6(24)5(23)2(21-9(3)13-7)1-20-22(17,18)19/h2-3,9,12,23-24H,1H2,(H2,17,18,19)(H4,11,13,14,15,16)/p-3/t2-,3+,9-/m1/s1. The zero-order valence-electron chi connectivity index (χ0n) is 11.7. The average Bonchev–Trinajstić information content (AvgIpc) is 2.47. The number of hydrogen-bond donors (Lipinski definition) is 5. The summed E-state index contributed by atoms with van der Waals surface area (Å²) in [5.74, 6) is 0.0656. The molecule has 0 aromatic carbocycles. The third kappa shape index (κ3) is 3.37. The van der Waals surface area contributed by atoms with Gasteiger partial charge in [-0.15, -0.1) is 12.6 Å². The second-order valence-corrected chi connectivity index (χ2v) is 7.05. The van der Waals surface area contributed by atoms with Gasteiger partial charge < -0.3 is 52.6 Å². The molecule has 0 saturated heterocycles. The first-order valence-electron chi connectivity index (χ1n) is 6.50. The van der Waals surface area contributed by atoms with E-state index in [2.05, 4.69) is 37.8 Å². The van der Waals surface area contributed by atoms with Gasteiger partial charge in [0.1, 0.15) is 11.7 Å². The van der Waals surface area contributed by atoms with Gasteiger partial charge in [0.15, 0.2) is 12.0 Å². The number of nitrogens with zero attached hydrogens (tertiary/aromatic N) is 1. The molecule has 132 valence electrons. The Morgan fingerprint density at radius 3 is 2.83 bits per heavy atom. The SMILES string of the molecule is Nc1nc2c(c(=O)[nH]1)N[C@H]1C(S)=C([S-])[C@@H](COP(=O)([O-])[O-])O[C@H]1N2.